The highest BCUT2D eigenvalue weighted by atomic mass is 16.3. The Labute approximate surface area is 83.4 Å². The SMILES string of the molecule is C=CC=Cc1coc2c(C)cccc12. The summed E-state index contributed by atoms with van der Waals surface area (Å²) in [5.74, 6) is 0. The van der Waals surface area contributed by atoms with Crippen molar-refractivity contribution in [3.8, 4) is 0 Å². The molecule has 0 amide bonds. The first kappa shape index (κ1) is 8.82. The average molecular weight is 184 g/mol. The van der Waals surface area contributed by atoms with Crippen LogP contribution in [0.4, 0.5) is 0 Å². The molecule has 0 saturated heterocycles. The smallest absolute Gasteiger partial charge is 0.137 e. The predicted molar refractivity (Wildman–Crippen MR) is 60.2 cm³/mol. The van der Waals surface area contributed by atoms with Gasteiger partial charge in [-0.15, -0.1) is 0 Å². The molecule has 1 aromatic carbocycles. The van der Waals surface area contributed by atoms with E-state index in [1.807, 2.05) is 31.2 Å². The van der Waals surface area contributed by atoms with Gasteiger partial charge in [0.2, 0.25) is 0 Å². The predicted octanol–water partition coefficient (Wildman–Crippen LogP) is 3.94. The van der Waals surface area contributed by atoms with E-state index in [0.717, 1.165) is 16.5 Å². The lowest BCUT2D eigenvalue weighted by atomic mass is 10.1. The van der Waals surface area contributed by atoms with Crippen LogP contribution in [0.25, 0.3) is 17.0 Å². The third-order valence-corrected chi connectivity index (χ3v) is 2.24. The maximum absolute atomic E-state index is 5.49. The van der Waals surface area contributed by atoms with E-state index in [1.165, 1.54) is 5.56 Å². The molecule has 0 radical (unpaired) electrons. The fraction of sp³-hybridized carbons (Fsp3) is 0.0769. The van der Waals surface area contributed by atoms with E-state index < -0.39 is 0 Å². The van der Waals surface area contributed by atoms with Crippen LogP contribution < -0.4 is 0 Å². The Bertz CT molecular complexity index is 489. The second kappa shape index (κ2) is 3.54. The van der Waals surface area contributed by atoms with Gasteiger partial charge in [-0.05, 0) is 12.5 Å². The van der Waals surface area contributed by atoms with Crippen molar-refractivity contribution in [2.24, 2.45) is 0 Å². The summed E-state index contributed by atoms with van der Waals surface area (Å²) in [6, 6.07) is 6.15. The molecule has 1 aromatic heterocycles. The Morgan fingerprint density at radius 2 is 2.21 bits per heavy atom. The molecule has 0 aliphatic carbocycles. The summed E-state index contributed by atoms with van der Waals surface area (Å²) in [6.45, 7) is 5.69. The van der Waals surface area contributed by atoms with Gasteiger partial charge in [0.25, 0.3) is 0 Å². The third-order valence-electron chi connectivity index (χ3n) is 2.24. The minimum Gasteiger partial charge on any atom is -0.463 e. The summed E-state index contributed by atoms with van der Waals surface area (Å²) in [7, 11) is 0. The highest BCUT2D eigenvalue weighted by Crippen LogP contribution is 2.24. The van der Waals surface area contributed by atoms with E-state index in [9.17, 15) is 0 Å². The zero-order chi connectivity index (χ0) is 9.97. The van der Waals surface area contributed by atoms with Crippen molar-refractivity contribution in [2.45, 2.75) is 6.92 Å². The van der Waals surface area contributed by atoms with Gasteiger partial charge in [0.15, 0.2) is 0 Å². The lowest BCUT2D eigenvalue weighted by Gasteiger charge is -1.92. The summed E-state index contributed by atoms with van der Waals surface area (Å²) in [6.07, 6.45) is 7.44. The number of benzene rings is 1. The molecule has 2 rings (SSSR count). The number of para-hydroxylation sites is 1. The number of hydrogen-bond donors (Lipinski definition) is 0. The molecule has 0 fully saturated rings. The van der Waals surface area contributed by atoms with Gasteiger partial charge in [-0.1, -0.05) is 43.0 Å². The van der Waals surface area contributed by atoms with Gasteiger partial charge in [-0.3, -0.25) is 0 Å². The van der Waals surface area contributed by atoms with Gasteiger partial charge in [0, 0.05) is 10.9 Å². The number of furan rings is 1. The van der Waals surface area contributed by atoms with Gasteiger partial charge in [0.05, 0.1) is 6.26 Å². The lowest BCUT2D eigenvalue weighted by molar-refractivity contribution is 0.612. The molecule has 0 unspecified atom stereocenters. The molecule has 0 N–H and O–H groups in total. The first-order valence-corrected chi connectivity index (χ1v) is 4.59. The van der Waals surface area contributed by atoms with E-state index in [-0.39, 0.29) is 0 Å². The highest BCUT2D eigenvalue weighted by Gasteiger charge is 2.03. The second-order valence-electron chi connectivity index (χ2n) is 3.24. The topological polar surface area (TPSA) is 13.1 Å². The maximum atomic E-state index is 5.49. The van der Waals surface area contributed by atoms with Crippen LogP contribution in [-0.4, -0.2) is 0 Å². The van der Waals surface area contributed by atoms with Crippen LogP contribution in [0.3, 0.4) is 0 Å². The first-order valence-electron chi connectivity index (χ1n) is 4.59. The van der Waals surface area contributed by atoms with E-state index in [2.05, 4.69) is 12.6 Å². The summed E-state index contributed by atoms with van der Waals surface area (Å²) in [5.41, 5.74) is 3.24. The van der Waals surface area contributed by atoms with Crippen molar-refractivity contribution < 1.29 is 4.42 Å². The molecular formula is C13H12O. The molecule has 70 valence electrons. The molecule has 1 heteroatoms. The molecule has 0 aliphatic heterocycles. The Hall–Kier alpha value is -1.76. The average Bonchev–Trinajstić information content (AvgIpc) is 2.60. The quantitative estimate of drug-likeness (QED) is 0.644. The Morgan fingerprint density at radius 3 is 3.00 bits per heavy atom. The Kier molecular flexibility index (Phi) is 2.23. The number of fused-ring (bicyclic) bond motifs is 1. The number of allylic oxidation sites excluding steroid dienone is 2. The van der Waals surface area contributed by atoms with Crippen molar-refractivity contribution >= 4 is 17.0 Å². The van der Waals surface area contributed by atoms with Gasteiger partial charge < -0.3 is 4.42 Å². The van der Waals surface area contributed by atoms with Crippen LogP contribution in [0.5, 0.6) is 0 Å². The van der Waals surface area contributed by atoms with Gasteiger partial charge in [0.1, 0.15) is 5.58 Å². The zero-order valence-electron chi connectivity index (χ0n) is 8.16. The fourth-order valence-corrected chi connectivity index (χ4v) is 1.52. The second-order valence-corrected chi connectivity index (χ2v) is 3.24. The molecule has 0 spiro atoms. The minimum atomic E-state index is 0.969. The summed E-state index contributed by atoms with van der Waals surface area (Å²) in [4.78, 5) is 0. The molecular weight excluding hydrogens is 172 g/mol. The lowest BCUT2D eigenvalue weighted by Crippen LogP contribution is -1.72. The van der Waals surface area contributed by atoms with Crippen molar-refractivity contribution in [2.75, 3.05) is 0 Å². The summed E-state index contributed by atoms with van der Waals surface area (Å²) in [5, 5.41) is 1.16. The van der Waals surface area contributed by atoms with Crippen LogP contribution in [0.2, 0.25) is 0 Å². The van der Waals surface area contributed by atoms with Crippen molar-refractivity contribution in [3.05, 3.63) is 54.3 Å². The van der Waals surface area contributed by atoms with E-state index in [1.54, 1.807) is 12.3 Å². The largest absolute Gasteiger partial charge is 0.463 e. The van der Waals surface area contributed by atoms with Crippen LogP contribution in [0.15, 0.2) is 47.6 Å². The van der Waals surface area contributed by atoms with Crippen LogP contribution in [0.1, 0.15) is 11.1 Å². The van der Waals surface area contributed by atoms with Crippen LogP contribution >= 0.6 is 0 Å². The summed E-state index contributed by atoms with van der Waals surface area (Å²) >= 11 is 0. The van der Waals surface area contributed by atoms with Gasteiger partial charge in [-0.25, -0.2) is 0 Å². The molecule has 0 saturated carbocycles. The molecule has 0 atom stereocenters. The molecule has 0 aliphatic rings. The van der Waals surface area contributed by atoms with Crippen molar-refractivity contribution in [3.63, 3.8) is 0 Å². The van der Waals surface area contributed by atoms with Crippen LogP contribution in [-0.2, 0) is 0 Å². The minimum absolute atomic E-state index is 0.969. The normalized spacial score (nSPS) is 11.2. The molecule has 2 aromatic rings. The Morgan fingerprint density at radius 1 is 1.36 bits per heavy atom. The molecule has 1 nitrogen and oxygen atoms in total. The van der Waals surface area contributed by atoms with E-state index in [4.69, 9.17) is 4.42 Å². The molecule has 14 heavy (non-hydrogen) atoms. The Balaban J connectivity index is 2.63. The standard InChI is InChI=1S/C13H12O/c1-3-4-7-11-9-14-13-10(2)6-5-8-12(11)13/h3-9H,1H2,2H3. The van der Waals surface area contributed by atoms with Crippen molar-refractivity contribution in [1.82, 2.24) is 0 Å². The van der Waals surface area contributed by atoms with Crippen LogP contribution in [0, 0.1) is 6.92 Å². The first-order chi connectivity index (χ1) is 6.83. The highest BCUT2D eigenvalue weighted by molar-refractivity contribution is 5.89. The molecule has 1 heterocycles. The zero-order valence-corrected chi connectivity index (χ0v) is 8.16. The molecule has 0 bridgehead atoms. The van der Waals surface area contributed by atoms with Gasteiger partial charge in [-0.2, -0.15) is 0 Å². The third kappa shape index (κ3) is 1.37. The monoisotopic (exact) mass is 184 g/mol. The number of rotatable bonds is 2. The van der Waals surface area contributed by atoms with E-state index in [0.29, 0.717) is 0 Å². The maximum Gasteiger partial charge on any atom is 0.137 e. The fourth-order valence-electron chi connectivity index (χ4n) is 1.52. The van der Waals surface area contributed by atoms with E-state index >= 15 is 0 Å². The summed E-state index contributed by atoms with van der Waals surface area (Å²) < 4.78 is 5.49. The van der Waals surface area contributed by atoms with Crippen molar-refractivity contribution in [1.29, 1.82) is 0 Å². The van der Waals surface area contributed by atoms with Gasteiger partial charge >= 0.3 is 0 Å². The number of aryl methyl sites for hydroxylation is 1. The number of hydrogen-bond acceptors (Lipinski definition) is 1.